The van der Waals surface area contributed by atoms with Crippen LogP contribution in [0.1, 0.15) is 30.7 Å². The first-order chi connectivity index (χ1) is 15.0. The third kappa shape index (κ3) is 3.85. The Morgan fingerprint density at radius 1 is 1.32 bits per heavy atom. The van der Waals surface area contributed by atoms with Crippen LogP contribution < -0.4 is 10.1 Å². The third-order valence-electron chi connectivity index (χ3n) is 6.56. The van der Waals surface area contributed by atoms with E-state index in [2.05, 4.69) is 10.3 Å². The zero-order valence-electron chi connectivity index (χ0n) is 17.8. The summed E-state index contributed by atoms with van der Waals surface area (Å²) in [5.41, 5.74) is 3.17. The van der Waals surface area contributed by atoms with Crippen molar-refractivity contribution in [3.8, 4) is 5.75 Å². The maximum Gasteiger partial charge on any atom is 0.223 e. The lowest BCUT2D eigenvalue weighted by Gasteiger charge is -2.39. The first-order valence-corrected chi connectivity index (χ1v) is 10.9. The Morgan fingerprint density at radius 2 is 2.19 bits per heavy atom. The molecule has 0 saturated carbocycles. The predicted molar refractivity (Wildman–Crippen MR) is 119 cm³/mol. The van der Waals surface area contributed by atoms with E-state index in [0.29, 0.717) is 32.5 Å². The van der Waals surface area contributed by atoms with Gasteiger partial charge in [0.05, 0.1) is 37.6 Å². The molecular weight excluding hydrogens is 392 g/mol. The summed E-state index contributed by atoms with van der Waals surface area (Å²) in [5.74, 6) is 1.05. The number of hydrogen-bond acceptors (Lipinski definition) is 5. The zero-order chi connectivity index (χ0) is 21.4. The van der Waals surface area contributed by atoms with Crippen molar-refractivity contribution in [1.29, 1.82) is 0 Å². The van der Waals surface area contributed by atoms with E-state index < -0.39 is 5.60 Å². The molecule has 5 rings (SSSR count). The second-order valence-electron chi connectivity index (χ2n) is 8.74. The quantitative estimate of drug-likeness (QED) is 0.663. The lowest BCUT2D eigenvalue weighted by atomic mass is 9.91. The van der Waals surface area contributed by atoms with Crippen LogP contribution >= 0.6 is 0 Å². The van der Waals surface area contributed by atoms with E-state index in [1.54, 1.807) is 13.4 Å². The van der Waals surface area contributed by atoms with Gasteiger partial charge in [-0.1, -0.05) is 18.2 Å². The van der Waals surface area contributed by atoms with Gasteiger partial charge < -0.3 is 24.6 Å². The molecule has 162 valence electrons. The SMILES string of the molecule is COc1ccc2c(c1)NC[C@@H]2CC(=O)N1CCC[C@@](O)(Cn2cnc3ccccc32)C1. The largest absolute Gasteiger partial charge is 0.497 e. The van der Waals surface area contributed by atoms with Crippen LogP contribution in [0, 0.1) is 0 Å². The molecule has 1 fully saturated rings. The summed E-state index contributed by atoms with van der Waals surface area (Å²) < 4.78 is 7.29. The Morgan fingerprint density at radius 3 is 3.06 bits per heavy atom. The van der Waals surface area contributed by atoms with Gasteiger partial charge >= 0.3 is 0 Å². The second-order valence-corrected chi connectivity index (χ2v) is 8.74. The van der Waals surface area contributed by atoms with Gasteiger partial charge in [-0.2, -0.15) is 0 Å². The molecule has 2 atom stereocenters. The topological polar surface area (TPSA) is 79.6 Å². The molecule has 1 amide bonds. The lowest BCUT2D eigenvalue weighted by molar-refractivity contribution is -0.139. The molecule has 31 heavy (non-hydrogen) atoms. The number of anilines is 1. The normalized spacial score (nSPS) is 22.9. The monoisotopic (exact) mass is 420 g/mol. The average molecular weight is 421 g/mol. The number of fused-ring (bicyclic) bond motifs is 2. The summed E-state index contributed by atoms with van der Waals surface area (Å²) in [4.78, 5) is 19.4. The predicted octanol–water partition coefficient (Wildman–Crippen LogP) is 3.00. The van der Waals surface area contributed by atoms with Crippen LogP contribution in [0.5, 0.6) is 5.75 Å². The number of nitrogens with one attached hydrogen (secondary N) is 1. The Labute approximate surface area is 181 Å². The van der Waals surface area contributed by atoms with Gasteiger partial charge in [0.1, 0.15) is 11.4 Å². The number of aromatic nitrogens is 2. The maximum absolute atomic E-state index is 13.1. The van der Waals surface area contributed by atoms with E-state index in [1.165, 1.54) is 0 Å². The van der Waals surface area contributed by atoms with Crippen LogP contribution in [0.4, 0.5) is 5.69 Å². The number of ether oxygens (including phenoxy) is 1. The number of nitrogens with zero attached hydrogens (tertiary/aromatic N) is 3. The minimum atomic E-state index is -0.948. The number of benzene rings is 2. The molecule has 3 aromatic rings. The summed E-state index contributed by atoms with van der Waals surface area (Å²) in [6, 6.07) is 13.9. The number of hydrogen-bond donors (Lipinski definition) is 2. The van der Waals surface area contributed by atoms with Crippen molar-refractivity contribution < 1.29 is 14.6 Å². The van der Waals surface area contributed by atoms with E-state index in [9.17, 15) is 9.90 Å². The van der Waals surface area contributed by atoms with E-state index in [-0.39, 0.29) is 11.8 Å². The van der Waals surface area contributed by atoms with Crippen LogP contribution in [0.3, 0.4) is 0 Å². The first kappa shape index (κ1) is 19.9. The van der Waals surface area contributed by atoms with Crippen LogP contribution in [0.15, 0.2) is 48.8 Å². The van der Waals surface area contributed by atoms with Gasteiger partial charge in [0, 0.05) is 37.2 Å². The molecule has 0 aliphatic carbocycles. The molecular formula is C24H28N4O3. The van der Waals surface area contributed by atoms with E-state index in [0.717, 1.165) is 41.0 Å². The molecule has 7 heteroatoms. The molecule has 0 bridgehead atoms. The van der Waals surface area contributed by atoms with Crippen molar-refractivity contribution in [3.05, 3.63) is 54.4 Å². The number of imidazole rings is 1. The average Bonchev–Trinajstić information content (AvgIpc) is 3.37. The van der Waals surface area contributed by atoms with Gasteiger partial charge in [0.15, 0.2) is 0 Å². The van der Waals surface area contributed by atoms with Crippen molar-refractivity contribution in [2.75, 3.05) is 32.1 Å². The molecule has 1 aromatic heterocycles. The van der Waals surface area contributed by atoms with Gasteiger partial charge in [-0.25, -0.2) is 4.98 Å². The van der Waals surface area contributed by atoms with Gasteiger partial charge in [-0.05, 0) is 36.6 Å². The van der Waals surface area contributed by atoms with Crippen molar-refractivity contribution >= 4 is 22.6 Å². The summed E-state index contributed by atoms with van der Waals surface area (Å²) in [5, 5.41) is 14.7. The molecule has 2 aliphatic heterocycles. The van der Waals surface area contributed by atoms with Crippen molar-refractivity contribution in [1.82, 2.24) is 14.5 Å². The number of para-hydroxylation sites is 2. The molecule has 1 saturated heterocycles. The minimum absolute atomic E-state index is 0.101. The maximum atomic E-state index is 13.1. The van der Waals surface area contributed by atoms with Gasteiger partial charge in [-0.3, -0.25) is 4.79 Å². The van der Waals surface area contributed by atoms with E-state index >= 15 is 0 Å². The smallest absolute Gasteiger partial charge is 0.223 e. The number of β-amino-alcohol motifs (C(OH)–C–C–N with tert-alkyl or cyclic N) is 1. The summed E-state index contributed by atoms with van der Waals surface area (Å²) in [6.45, 7) is 2.23. The fourth-order valence-corrected chi connectivity index (χ4v) is 4.94. The summed E-state index contributed by atoms with van der Waals surface area (Å²) in [7, 11) is 1.65. The van der Waals surface area contributed by atoms with Gasteiger partial charge in [0.25, 0.3) is 0 Å². The van der Waals surface area contributed by atoms with Gasteiger partial charge in [0.2, 0.25) is 5.91 Å². The van der Waals surface area contributed by atoms with Crippen molar-refractivity contribution in [2.24, 2.45) is 0 Å². The van der Waals surface area contributed by atoms with E-state index in [1.807, 2.05) is 51.9 Å². The van der Waals surface area contributed by atoms with Crippen LogP contribution in [0.2, 0.25) is 0 Å². The fourth-order valence-electron chi connectivity index (χ4n) is 4.94. The molecule has 0 spiro atoms. The van der Waals surface area contributed by atoms with Crippen LogP contribution in [-0.4, -0.2) is 57.8 Å². The first-order valence-electron chi connectivity index (χ1n) is 10.9. The molecule has 0 radical (unpaired) electrons. The second kappa shape index (κ2) is 7.89. The molecule has 7 nitrogen and oxygen atoms in total. The highest BCUT2D eigenvalue weighted by Gasteiger charge is 2.37. The Hall–Kier alpha value is -3.06. The number of amides is 1. The Balaban J connectivity index is 1.27. The van der Waals surface area contributed by atoms with Crippen molar-refractivity contribution in [3.63, 3.8) is 0 Å². The summed E-state index contributed by atoms with van der Waals surface area (Å²) >= 11 is 0. The van der Waals surface area contributed by atoms with Crippen LogP contribution in [0.25, 0.3) is 11.0 Å². The molecule has 3 heterocycles. The number of rotatable bonds is 5. The van der Waals surface area contributed by atoms with Crippen LogP contribution in [-0.2, 0) is 11.3 Å². The number of piperidine rings is 1. The molecule has 2 aliphatic rings. The minimum Gasteiger partial charge on any atom is -0.497 e. The molecule has 2 aromatic carbocycles. The number of aliphatic hydroxyl groups is 1. The third-order valence-corrected chi connectivity index (χ3v) is 6.56. The number of methoxy groups -OCH3 is 1. The standard InChI is InChI=1S/C24H28N4O3/c1-31-18-7-8-19-17(13-25-21(19)12-18)11-23(29)27-10-4-9-24(30,14-27)15-28-16-26-20-5-2-3-6-22(20)28/h2-3,5-8,12,16-17,25,30H,4,9-11,13-15H2,1H3/t17-,24-/m0/s1. The highest BCUT2D eigenvalue weighted by Crippen LogP contribution is 2.37. The number of carbonyl (C=O) groups excluding carboxylic acids is 1. The zero-order valence-corrected chi connectivity index (χ0v) is 17.8. The van der Waals surface area contributed by atoms with Gasteiger partial charge in [-0.15, -0.1) is 0 Å². The summed E-state index contributed by atoms with van der Waals surface area (Å²) in [6.07, 6.45) is 3.69. The Bertz CT molecular complexity index is 1110. The molecule has 2 N–H and O–H groups in total. The highest BCUT2D eigenvalue weighted by atomic mass is 16.5. The molecule has 0 unspecified atom stereocenters. The Kier molecular flexibility index (Phi) is 5.06. The number of likely N-dealkylation sites (tertiary alicyclic amines) is 1. The fraction of sp³-hybridized carbons (Fsp3) is 0.417. The van der Waals surface area contributed by atoms with E-state index in [4.69, 9.17) is 4.74 Å². The number of carbonyl (C=O) groups is 1. The van der Waals surface area contributed by atoms with Crippen molar-refractivity contribution in [2.45, 2.75) is 37.3 Å². The highest BCUT2D eigenvalue weighted by molar-refractivity contribution is 5.79. The lowest BCUT2D eigenvalue weighted by Crippen LogP contribution is -2.52.